The predicted molar refractivity (Wildman–Crippen MR) is 51.9 cm³/mol. The molecule has 0 radical (unpaired) electrons. The van der Waals surface area contributed by atoms with Crippen LogP contribution in [0.1, 0.15) is 20.3 Å². The molecule has 82 valence electrons. The van der Waals surface area contributed by atoms with Crippen molar-refractivity contribution in [2.24, 2.45) is 0 Å². The number of hydrogen-bond donors (Lipinski definition) is 2. The summed E-state index contributed by atoms with van der Waals surface area (Å²) in [7, 11) is 0. The van der Waals surface area contributed by atoms with Crippen molar-refractivity contribution in [1.82, 2.24) is 0 Å². The van der Waals surface area contributed by atoms with E-state index in [1.165, 1.54) is 6.92 Å². The molecule has 0 rings (SSSR count). The predicted octanol–water partition coefficient (Wildman–Crippen LogP) is 0.464. The molecular weight excluding hydrogens is 208 g/mol. The summed E-state index contributed by atoms with van der Waals surface area (Å²) >= 11 is 1.02. The molecule has 0 spiro atoms. The second-order valence-corrected chi connectivity index (χ2v) is 3.80. The Bertz CT molecular complexity index is 204. The third-order valence-corrected chi connectivity index (χ3v) is 2.53. The normalized spacial score (nSPS) is 14.5. The van der Waals surface area contributed by atoms with Gasteiger partial charge in [-0.2, -0.15) is 0 Å². The van der Waals surface area contributed by atoms with Gasteiger partial charge in [-0.25, -0.2) is 4.79 Å². The topological polar surface area (TPSA) is 83.8 Å². The number of aliphatic carboxylic acids is 1. The molecule has 0 amide bonds. The van der Waals surface area contributed by atoms with E-state index in [-0.39, 0.29) is 5.75 Å². The highest BCUT2D eigenvalue weighted by atomic mass is 32.2. The molecule has 0 aromatic heterocycles. The minimum absolute atomic E-state index is 0.119. The summed E-state index contributed by atoms with van der Waals surface area (Å²) in [6.07, 6.45) is -0.661. The first-order valence-corrected chi connectivity index (χ1v) is 5.24. The summed E-state index contributed by atoms with van der Waals surface area (Å²) in [5, 5.41) is 17.2. The van der Waals surface area contributed by atoms with Crippen LogP contribution in [0.3, 0.4) is 0 Å². The summed E-state index contributed by atoms with van der Waals surface area (Å²) in [6.45, 7) is 3.08. The van der Waals surface area contributed by atoms with E-state index in [2.05, 4.69) is 0 Å². The SMILES string of the molecule is CCC(OC(=O)C(C)O)SCC(=O)O. The van der Waals surface area contributed by atoms with E-state index in [0.29, 0.717) is 6.42 Å². The maximum absolute atomic E-state index is 10.9. The van der Waals surface area contributed by atoms with Crippen LogP contribution in [-0.2, 0) is 14.3 Å². The lowest BCUT2D eigenvalue weighted by atomic mass is 10.4. The zero-order valence-electron chi connectivity index (χ0n) is 8.10. The number of ether oxygens (including phenoxy) is 1. The summed E-state index contributed by atoms with van der Waals surface area (Å²) < 4.78 is 4.82. The summed E-state index contributed by atoms with van der Waals surface area (Å²) in [6, 6.07) is 0. The van der Waals surface area contributed by atoms with E-state index in [4.69, 9.17) is 14.9 Å². The third kappa shape index (κ3) is 5.82. The first-order chi connectivity index (χ1) is 6.47. The number of aliphatic hydroxyl groups is 1. The summed E-state index contributed by atoms with van der Waals surface area (Å²) in [5.74, 6) is -1.80. The monoisotopic (exact) mass is 222 g/mol. The molecule has 2 N–H and O–H groups in total. The smallest absolute Gasteiger partial charge is 0.335 e. The molecule has 0 aliphatic heterocycles. The van der Waals surface area contributed by atoms with Gasteiger partial charge in [-0.1, -0.05) is 6.92 Å². The van der Waals surface area contributed by atoms with Gasteiger partial charge in [-0.3, -0.25) is 4.79 Å². The molecule has 0 bridgehead atoms. The number of thioether (sulfide) groups is 1. The molecule has 0 fully saturated rings. The van der Waals surface area contributed by atoms with Crippen LogP contribution < -0.4 is 0 Å². The first kappa shape index (κ1) is 13.2. The summed E-state index contributed by atoms with van der Waals surface area (Å²) in [4.78, 5) is 21.2. The fraction of sp³-hybridized carbons (Fsp3) is 0.750. The minimum atomic E-state index is -1.17. The van der Waals surface area contributed by atoms with Crippen LogP contribution in [0.4, 0.5) is 0 Å². The molecule has 0 saturated carbocycles. The van der Waals surface area contributed by atoms with Crippen LogP contribution in [0.5, 0.6) is 0 Å². The third-order valence-electron chi connectivity index (χ3n) is 1.31. The van der Waals surface area contributed by atoms with Crippen molar-refractivity contribution in [1.29, 1.82) is 0 Å². The zero-order chi connectivity index (χ0) is 11.1. The number of rotatable bonds is 6. The maximum Gasteiger partial charge on any atom is 0.335 e. The number of aliphatic hydroxyl groups excluding tert-OH is 1. The highest BCUT2D eigenvalue weighted by molar-refractivity contribution is 8.00. The largest absolute Gasteiger partial charge is 0.481 e. The van der Waals surface area contributed by atoms with Crippen molar-refractivity contribution in [3.05, 3.63) is 0 Å². The molecule has 0 heterocycles. The van der Waals surface area contributed by atoms with E-state index in [1.807, 2.05) is 0 Å². The highest BCUT2D eigenvalue weighted by Crippen LogP contribution is 2.16. The van der Waals surface area contributed by atoms with Gasteiger partial charge in [0.25, 0.3) is 0 Å². The van der Waals surface area contributed by atoms with E-state index in [1.54, 1.807) is 6.92 Å². The van der Waals surface area contributed by atoms with Crippen molar-refractivity contribution in [2.75, 3.05) is 5.75 Å². The maximum atomic E-state index is 10.9. The number of carboxylic acids is 1. The van der Waals surface area contributed by atoms with Crippen LogP contribution in [0.2, 0.25) is 0 Å². The fourth-order valence-electron chi connectivity index (χ4n) is 0.627. The van der Waals surface area contributed by atoms with Crippen molar-refractivity contribution >= 4 is 23.7 Å². The standard InChI is InChI=1S/C8H14O5S/c1-3-7(14-4-6(10)11)13-8(12)5(2)9/h5,7,9H,3-4H2,1-2H3,(H,10,11). The van der Waals surface area contributed by atoms with Crippen LogP contribution in [-0.4, -0.2) is 39.4 Å². The molecule has 0 saturated heterocycles. The van der Waals surface area contributed by atoms with Crippen molar-refractivity contribution in [3.8, 4) is 0 Å². The van der Waals surface area contributed by atoms with Crippen molar-refractivity contribution < 1.29 is 24.5 Å². The molecule has 2 atom stereocenters. The van der Waals surface area contributed by atoms with E-state index in [9.17, 15) is 9.59 Å². The average molecular weight is 222 g/mol. The van der Waals surface area contributed by atoms with Gasteiger partial charge in [-0.05, 0) is 13.3 Å². The van der Waals surface area contributed by atoms with Crippen LogP contribution in [0.25, 0.3) is 0 Å². The minimum Gasteiger partial charge on any atom is -0.481 e. The Morgan fingerprint density at radius 3 is 2.43 bits per heavy atom. The van der Waals surface area contributed by atoms with E-state index in [0.717, 1.165) is 11.8 Å². The fourth-order valence-corrected chi connectivity index (χ4v) is 1.35. The number of carbonyl (C=O) groups excluding carboxylic acids is 1. The molecule has 0 aromatic carbocycles. The lowest BCUT2D eigenvalue weighted by molar-refractivity contribution is -0.154. The number of carbonyl (C=O) groups is 2. The van der Waals surface area contributed by atoms with Gasteiger partial charge in [0.2, 0.25) is 0 Å². The van der Waals surface area contributed by atoms with Crippen LogP contribution in [0.15, 0.2) is 0 Å². The van der Waals surface area contributed by atoms with E-state index >= 15 is 0 Å². The number of hydrogen-bond acceptors (Lipinski definition) is 5. The first-order valence-electron chi connectivity index (χ1n) is 4.19. The van der Waals surface area contributed by atoms with Crippen LogP contribution >= 0.6 is 11.8 Å². The Kier molecular flexibility index (Phi) is 6.31. The quantitative estimate of drug-likeness (QED) is 0.502. The van der Waals surface area contributed by atoms with Crippen LogP contribution in [0, 0.1) is 0 Å². The zero-order valence-corrected chi connectivity index (χ0v) is 8.91. The molecule has 0 aromatic rings. The Hall–Kier alpha value is -0.750. The van der Waals surface area contributed by atoms with Crippen molar-refractivity contribution in [3.63, 3.8) is 0 Å². The Balaban J connectivity index is 3.90. The number of carboxylic acid groups (broad SMARTS) is 1. The molecule has 0 aliphatic rings. The van der Waals surface area contributed by atoms with Gasteiger partial charge in [0.15, 0.2) is 0 Å². The second kappa shape index (κ2) is 6.67. The number of esters is 1. The van der Waals surface area contributed by atoms with Gasteiger partial charge in [0.05, 0.1) is 5.75 Å². The Morgan fingerprint density at radius 2 is 2.07 bits per heavy atom. The molecule has 5 nitrogen and oxygen atoms in total. The van der Waals surface area contributed by atoms with Gasteiger partial charge >= 0.3 is 11.9 Å². The van der Waals surface area contributed by atoms with Gasteiger partial charge in [0.1, 0.15) is 11.5 Å². The highest BCUT2D eigenvalue weighted by Gasteiger charge is 2.17. The Labute approximate surface area is 86.4 Å². The molecule has 0 aliphatic carbocycles. The van der Waals surface area contributed by atoms with Gasteiger partial charge in [0, 0.05) is 0 Å². The lowest BCUT2D eigenvalue weighted by Gasteiger charge is -2.15. The van der Waals surface area contributed by atoms with Crippen molar-refractivity contribution in [2.45, 2.75) is 31.8 Å². The van der Waals surface area contributed by atoms with Gasteiger partial charge < -0.3 is 14.9 Å². The molecule has 14 heavy (non-hydrogen) atoms. The second-order valence-electron chi connectivity index (χ2n) is 2.66. The molecule has 6 heteroatoms. The average Bonchev–Trinajstić information content (AvgIpc) is 2.11. The van der Waals surface area contributed by atoms with Gasteiger partial charge in [-0.15, -0.1) is 11.8 Å². The molecular formula is C8H14O5S. The molecule has 2 unspecified atom stereocenters. The Morgan fingerprint density at radius 1 is 1.50 bits per heavy atom. The lowest BCUT2D eigenvalue weighted by Crippen LogP contribution is -2.24. The summed E-state index contributed by atoms with van der Waals surface area (Å²) in [5.41, 5.74) is -0.506. The van der Waals surface area contributed by atoms with E-state index < -0.39 is 23.5 Å².